The van der Waals surface area contributed by atoms with E-state index in [-0.39, 0.29) is 5.68 Å². The SMILES string of the molecule is CC(=O)B1OC(C)(C)C(C)(C)O1. The second kappa shape index (κ2) is 2.57. The van der Waals surface area contributed by atoms with Crippen LogP contribution in [0.25, 0.3) is 0 Å². The fourth-order valence-corrected chi connectivity index (χ4v) is 1.01. The standard InChI is InChI=1S/C8H15BO3/c1-6(10)9-11-7(2,3)8(4,5)12-9/h1-5H3. The maximum Gasteiger partial charge on any atom is 0.532 e. The van der Waals surface area contributed by atoms with Gasteiger partial charge < -0.3 is 14.1 Å². The zero-order valence-corrected chi connectivity index (χ0v) is 8.30. The Morgan fingerprint density at radius 1 is 1.08 bits per heavy atom. The van der Waals surface area contributed by atoms with Crippen molar-refractivity contribution in [1.29, 1.82) is 0 Å². The minimum absolute atomic E-state index is 0.0753. The van der Waals surface area contributed by atoms with Crippen LogP contribution in [0.4, 0.5) is 0 Å². The lowest BCUT2D eigenvalue weighted by Gasteiger charge is -2.32. The zero-order chi connectivity index (χ0) is 9.57. The minimum atomic E-state index is -0.685. The van der Waals surface area contributed by atoms with E-state index in [4.69, 9.17) is 9.31 Å². The molecule has 0 bridgehead atoms. The third kappa shape index (κ3) is 1.41. The molecule has 3 nitrogen and oxygen atoms in total. The molecule has 0 aromatic heterocycles. The quantitative estimate of drug-likeness (QED) is 0.554. The molecule has 0 amide bonds. The van der Waals surface area contributed by atoms with E-state index in [0.29, 0.717) is 0 Å². The van der Waals surface area contributed by atoms with Crippen molar-refractivity contribution in [3.63, 3.8) is 0 Å². The van der Waals surface area contributed by atoms with Crippen molar-refractivity contribution >= 4 is 12.8 Å². The first kappa shape index (κ1) is 9.74. The molecule has 1 rings (SSSR count). The number of hydrogen-bond donors (Lipinski definition) is 0. The van der Waals surface area contributed by atoms with E-state index in [1.165, 1.54) is 6.92 Å². The highest BCUT2D eigenvalue weighted by Gasteiger charge is 2.53. The summed E-state index contributed by atoms with van der Waals surface area (Å²) in [5.41, 5.74) is -0.874. The van der Waals surface area contributed by atoms with Crippen LogP contribution in [0.5, 0.6) is 0 Å². The lowest BCUT2D eigenvalue weighted by molar-refractivity contribution is -0.112. The van der Waals surface area contributed by atoms with E-state index in [1.807, 2.05) is 27.7 Å². The van der Waals surface area contributed by atoms with Crippen LogP contribution in [0.15, 0.2) is 0 Å². The summed E-state index contributed by atoms with van der Waals surface area (Å²) in [4.78, 5) is 11.0. The molecule has 1 saturated heterocycles. The maximum atomic E-state index is 11.0. The van der Waals surface area contributed by atoms with Gasteiger partial charge in [0.2, 0.25) is 0 Å². The molecular weight excluding hydrogens is 155 g/mol. The van der Waals surface area contributed by atoms with Crippen molar-refractivity contribution < 1.29 is 14.1 Å². The highest BCUT2D eigenvalue weighted by atomic mass is 16.7. The second-order valence-corrected chi connectivity index (χ2v) is 4.20. The average molecular weight is 170 g/mol. The second-order valence-electron chi connectivity index (χ2n) is 4.20. The largest absolute Gasteiger partial charge is 0.532 e. The van der Waals surface area contributed by atoms with Crippen LogP contribution in [0, 0.1) is 0 Å². The molecule has 0 atom stereocenters. The van der Waals surface area contributed by atoms with Crippen molar-refractivity contribution in [2.45, 2.75) is 45.8 Å². The maximum absolute atomic E-state index is 11.0. The molecule has 0 saturated carbocycles. The summed E-state index contributed by atoms with van der Waals surface area (Å²) >= 11 is 0. The fourth-order valence-electron chi connectivity index (χ4n) is 1.01. The van der Waals surface area contributed by atoms with Gasteiger partial charge in [0.15, 0.2) is 5.68 Å². The fraction of sp³-hybridized carbons (Fsp3) is 0.875. The van der Waals surface area contributed by atoms with E-state index in [9.17, 15) is 4.79 Å². The summed E-state index contributed by atoms with van der Waals surface area (Å²) in [5.74, 6) is 0. The molecule has 12 heavy (non-hydrogen) atoms. The molecule has 68 valence electrons. The molecule has 0 unspecified atom stereocenters. The van der Waals surface area contributed by atoms with E-state index in [0.717, 1.165) is 0 Å². The first-order valence-electron chi connectivity index (χ1n) is 4.12. The Kier molecular flexibility index (Phi) is 2.09. The topological polar surface area (TPSA) is 35.5 Å². The molecule has 0 aromatic rings. The van der Waals surface area contributed by atoms with Crippen LogP contribution in [0.3, 0.4) is 0 Å². The summed E-state index contributed by atoms with van der Waals surface area (Å²) in [6.45, 7) is 9.18. The molecule has 0 aromatic carbocycles. The molecule has 0 N–H and O–H groups in total. The molecule has 4 heteroatoms. The van der Waals surface area contributed by atoms with Crippen molar-refractivity contribution in [2.24, 2.45) is 0 Å². The highest BCUT2D eigenvalue weighted by molar-refractivity contribution is 6.80. The summed E-state index contributed by atoms with van der Waals surface area (Å²) in [6.07, 6.45) is 0. The molecule has 1 fully saturated rings. The van der Waals surface area contributed by atoms with E-state index >= 15 is 0 Å². The minimum Gasteiger partial charge on any atom is -0.397 e. The normalized spacial score (nSPS) is 25.9. The number of carbonyl (C=O) groups excluding carboxylic acids is 1. The van der Waals surface area contributed by atoms with Gasteiger partial charge in [-0.3, -0.25) is 0 Å². The Balaban J connectivity index is 2.81. The third-order valence-corrected chi connectivity index (χ3v) is 2.59. The first-order valence-corrected chi connectivity index (χ1v) is 4.12. The summed E-state index contributed by atoms with van der Waals surface area (Å²) < 4.78 is 10.9. The van der Waals surface area contributed by atoms with Crippen LogP contribution in [0.2, 0.25) is 0 Å². The smallest absolute Gasteiger partial charge is 0.397 e. The van der Waals surface area contributed by atoms with Crippen LogP contribution < -0.4 is 0 Å². The number of hydrogen-bond acceptors (Lipinski definition) is 3. The van der Waals surface area contributed by atoms with E-state index in [2.05, 4.69) is 0 Å². The molecule has 0 radical (unpaired) electrons. The van der Waals surface area contributed by atoms with Gasteiger partial charge in [0.1, 0.15) is 0 Å². The van der Waals surface area contributed by atoms with Crippen molar-refractivity contribution in [2.75, 3.05) is 0 Å². The van der Waals surface area contributed by atoms with Gasteiger partial charge in [-0.05, 0) is 34.6 Å². The van der Waals surface area contributed by atoms with Gasteiger partial charge in [-0.2, -0.15) is 0 Å². The zero-order valence-electron chi connectivity index (χ0n) is 8.30. The van der Waals surface area contributed by atoms with Gasteiger partial charge in [0.25, 0.3) is 0 Å². The molecule has 1 heterocycles. The van der Waals surface area contributed by atoms with Gasteiger partial charge in [-0.1, -0.05) is 0 Å². The molecular formula is C8H15BO3. The Hall–Kier alpha value is -0.345. The summed E-state index contributed by atoms with van der Waals surface area (Å²) in [6, 6.07) is 0. The third-order valence-electron chi connectivity index (χ3n) is 2.59. The number of carbonyl (C=O) groups is 1. The first-order chi connectivity index (χ1) is 5.26. The van der Waals surface area contributed by atoms with Crippen LogP contribution >= 0.6 is 0 Å². The summed E-state index contributed by atoms with van der Waals surface area (Å²) in [7, 11) is -0.685. The van der Waals surface area contributed by atoms with Gasteiger partial charge in [0.05, 0.1) is 11.2 Å². The van der Waals surface area contributed by atoms with Gasteiger partial charge in [-0.15, -0.1) is 0 Å². The Labute approximate surface area is 73.6 Å². The van der Waals surface area contributed by atoms with Crippen molar-refractivity contribution in [3.8, 4) is 0 Å². The Bertz CT molecular complexity index is 194. The van der Waals surface area contributed by atoms with Crippen molar-refractivity contribution in [3.05, 3.63) is 0 Å². The van der Waals surface area contributed by atoms with Crippen molar-refractivity contribution in [1.82, 2.24) is 0 Å². The van der Waals surface area contributed by atoms with Gasteiger partial charge in [-0.25, -0.2) is 0 Å². The predicted molar refractivity (Wildman–Crippen MR) is 46.8 cm³/mol. The van der Waals surface area contributed by atoms with Gasteiger partial charge in [0, 0.05) is 0 Å². The highest BCUT2D eigenvalue weighted by Crippen LogP contribution is 2.36. The van der Waals surface area contributed by atoms with Gasteiger partial charge >= 0.3 is 7.12 Å². The average Bonchev–Trinajstić information content (AvgIpc) is 2.03. The Morgan fingerprint density at radius 3 is 1.58 bits per heavy atom. The molecule has 0 aliphatic carbocycles. The number of rotatable bonds is 1. The monoisotopic (exact) mass is 170 g/mol. The lowest BCUT2D eigenvalue weighted by atomic mass is 9.85. The molecule has 0 spiro atoms. The van der Waals surface area contributed by atoms with Crippen LogP contribution in [-0.4, -0.2) is 24.0 Å². The van der Waals surface area contributed by atoms with Crippen LogP contribution in [0.1, 0.15) is 34.6 Å². The van der Waals surface area contributed by atoms with Crippen LogP contribution in [-0.2, 0) is 14.1 Å². The molecule has 1 aliphatic heterocycles. The summed E-state index contributed by atoms with van der Waals surface area (Å²) in [5, 5.41) is 0. The predicted octanol–water partition coefficient (Wildman–Crippen LogP) is 1.21. The van der Waals surface area contributed by atoms with E-state index in [1.54, 1.807) is 0 Å². The molecule has 1 aliphatic rings. The van der Waals surface area contributed by atoms with E-state index < -0.39 is 18.3 Å². The lowest BCUT2D eigenvalue weighted by Crippen LogP contribution is -2.41. The Morgan fingerprint density at radius 2 is 1.42 bits per heavy atom.